The van der Waals surface area contributed by atoms with Crippen molar-refractivity contribution in [1.29, 1.82) is 0 Å². The van der Waals surface area contributed by atoms with Gasteiger partial charge in [0.2, 0.25) is 5.91 Å². The van der Waals surface area contributed by atoms with Crippen LogP contribution in [0.4, 0.5) is 0 Å². The Bertz CT molecular complexity index is 288. The van der Waals surface area contributed by atoms with Crippen LogP contribution in [-0.2, 0) is 9.53 Å². The zero-order chi connectivity index (χ0) is 13.7. The Hall–Kier alpha value is -0.610. The van der Waals surface area contributed by atoms with Gasteiger partial charge in [-0.05, 0) is 44.6 Å². The van der Waals surface area contributed by atoms with Crippen LogP contribution in [0, 0.1) is 11.8 Å². The molecule has 1 aliphatic heterocycles. The summed E-state index contributed by atoms with van der Waals surface area (Å²) in [5.74, 6) is 1.19. The van der Waals surface area contributed by atoms with Crippen molar-refractivity contribution in [3.8, 4) is 0 Å². The maximum Gasteiger partial charge on any atom is 0.225 e. The SMILES string of the molecule is CN(CC1CCCO1)C(=O)C1CCCC(CCN)C1. The Balaban J connectivity index is 1.80. The standard InChI is InChI=1S/C15H28N2O2/c1-17(11-14-6-3-9-19-14)15(18)13-5-2-4-12(10-13)7-8-16/h12-14H,2-11,16H2,1H3. The number of rotatable bonds is 5. The maximum atomic E-state index is 12.5. The first-order chi connectivity index (χ1) is 9.20. The van der Waals surface area contributed by atoms with Crippen molar-refractivity contribution in [3.05, 3.63) is 0 Å². The highest BCUT2D eigenvalue weighted by Gasteiger charge is 2.30. The van der Waals surface area contributed by atoms with Crippen LogP contribution in [0.15, 0.2) is 0 Å². The summed E-state index contributed by atoms with van der Waals surface area (Å²) in [4.78, 5) is 14.4. The molecule has 0 spiro atoms. The summed E-state index contributed by atoms with van der Waals surface area (Å²) in [5, 5.41) is 0. The van der Waals surface area contributed by atoms with Gasteiger partial charge in [0, 0.05) is 26.1 Å². The second-order valence-electron chi connectivity index (χ2n) is 6.16. The molecule has 3 unspecified atom stereocenters. The molecule has 0 aromatic carbocycles. The molecule has 1 heterocycles. The van der Waals surface area contributed by atoms with Gasteiger partial charge >= 0.3 is 0 Å². The molecule has 1 saturated carbocycles. The number of likely N-dealkylation sites (N-methyl/N-ethyl adjacent to an activating group) is 1. The van der Waals surface area contributed by atoms with Crippen molar-refractivity contribution in [1.82, 2.24) is 4.90 Å². The topological polar surface area (TPSA) is 55.6 Å². The van der Waals surface area contributed by atoms with Gasteiger partial charge in [-0.3, -0.25) is 4.79 Å². The number of carbonyl (C=O) groups excluding carboxylic acids is 1. The van der Waals surface area contributed by atoms with E-state index < -0.39 is 0 Å². The van der Waals surface area contributed by atoms with Crippen LogP contribution in [0.5, 0.6) is 0 Å². The lowest BCUT2D eigenvalue weighted by Gasteiger charge is -2.31. The normalized spacial score (nSPS) is 31.4. The Kier molecular flexibility index (Phi) is 5.64. The van der Waals surface area contributed by atoms with Crippen molar-refractivity contribution in [2.75, 3.05) is 26.7 Å². The second-order valence-corrected chi connectivity index (χ2v) is 6.16. The van der Waals surface area contributed by atoms with Gasteiger partial charge in [0.1, 0.15) is 0 Å². The van der Waals surface area contributed by atoms with Gasteiger partial charge in [-0.2, -0.15) is 0 Å². The predicted molar refractivity (Wildman–Crippen MR) is 75.7 cm³/mol. The van der Waals surface area contributed by atoms with Gasteiger partial charge in [0.05, 0.1) is 6.10 Å². The molecule has 0 bridgehead atoms. The van der Waals surface area contributed by atoms with Gasteiger partial charge in [0.15, 0.2) is 0 Å². The lowest BCUT2D eigenvalue weighted by atomic mass is 9.79. The Morgan fingerprint density at radius 1 is 1.32 bits per heavy atom. The molecule has 4 heteroatoms. The monoisotopic (exact) mass is 268 g/mol. The van der Waals surface area contributed by atoms with E-state index in [0.29, 0.717) is 11.8 Å². The average molecular weight is 268 g/mol. The van der Waals surface area contributed by atoms with Gasteiger partial charge in [-0.25, -0.2) is 0 Å². The molecule has 2 aliphatic rings. The lowest BCUT2D eigenvalue weighted by molar-refractivity contribution is -0.137. The minimum atomic E-state index is 0.219. The van der Waals surface area contributed by atoms with E-state index in [2.05, 4.69) is 0 Å². The molecular formula is C15H28N2O2. The lowest BCUT2D eigenvalue weighted by Crippen LogP contribution is -2.39. The molecule has 0 aromatic rings. The maximum absolute atomic E-state index is 12.5. The molecular weight excluding hydrogens is 240 g/mol. The fraction of sp³-hybridized carbons (Fsp3) is 0.933. The number of hydrogen-bond donors (Lipinski definition) is 1. The third kappa shape index (κ3) is 4.18. The van der Waals surface area contributed by atoms with E-state index in [4.69, 9.17) is 10.5 Å². The summed E-state index contributed by atoms with van der Waals surface area (Å²) in [6.45, 7) is 2.36. The molecule has 1 amide bonds. The fourth-order valence-corrected chi connectivity index (χ4v) is 3.51. The van der Waals surface area contributed by atoms with Crippen molar-refractivity contribution in [2.24, 2.45) is 17.6 Å². The van der Waals surface area contributed by atoms with Crippen LogP contribution in [0.25, 0.3) is 0 Å². The third-order valence-corrected chi connectivity index (χ3v) is 4.58. The van der Waals surface area contributed by atoms with E-state index in [-0.39, 0.29) is 12.0 Å². The van der Waals surface area contributed by atoms with Gasteiger partial charge in [0.25, 0.3) is 0 Å². The van der Waals surface area contributed by atoms with Crippen molar-refractivity contribution in [3.63, 3.8) is 0 Å². The summed E-state index contributed by atoms with van der Waals surface area (Å²) in [6.07, 6.45) is 8.07. The number of carbonyl (C=O) groups is 1. The van der Waals surface area contributed by atoms with Crippen LogP contribution in [0.2, 0.25) is 0 Å². The first-order valence-corrected chi connectivity index (χ1v) is 7.77. The van der Waals surface area contributed by atoms with Gasteiger partial charge in [-0.15, -0.1) is 0 Å². The minimum Gasteiger partial charge on any atom is -0.376 e. The highest BCUT2D eigenvalue weighted by Crippen LogP contribution is 2.32. The van der Waals surface area contributed by atoms with Crippen molar-refractivity contribution >= 4 is 5.91 Å². The summed E-state index contributed by atoms with van der Waals surface area (Å²) >= 11 is 0. The smallest absolute Gasteiger partial charge is 0.225 e. The summed E-state index contributed by atoms with van der Waals surface area (Å²) in [5.41, 5.74) is 5.64. The Morgan fingerprint density at radius 3 is 2.84 bits per heavy atom. The van der Waals surface area contributed by atoms with Crippen LogP contribution in [0.3, 0.4) is 0 Å². The number of hydrogen-bond acceptors (Lipinski definition) is 3. The first kappa shape index (κ1) is 14.8. The zero-order valence-corrected chi connectivity index (χ0v) is 12.1. The molecule has 110 valence electrons. The second kappa shape index (κ2) is 7.25. The van der Waals surface area contributed by atoms with E-state index in [1.165, 1.54) is 12.8 Å². The van der Waals surface area contributed by atoms with E-state index in [1.807, 2.05) is 11.9 Å². The number of nitrogens with two attached hydrogens (primary N) is 1. The van der Waals surface area contributed by atoms with Gasteiger partial charge < -0.3 is 15.4 Å². The van der Waals surface area contributed by atoms with E-state index in [0.717, 1.165) is 51.8 Å². The molecule has 0 aromatic heterocycles. The molecule has 1 saturated heterocycles. The molecule has 0 radical (unpaired) electrons. The highest BCUT2D eigenvalue weighted by molar-refractivity contribution is 5.78. The average Bonchev–Trinajstić information content (AvgIpc) is 2.91. The Labute approximate surface area is 116 Å². The largest absolute Gasteiger partial charge is 0.376 e. The molecule has 2 rings (SSSR count). The Morgan fingerprint density at radius 2 is 2.16 bits per heavy atom. The number of nitrogens with zero attached hydrogens (tertiary/aromatic N) is 1. The number of ether oxygens (including phenoxy) is 1. The van der Waals surface area contributed by atoms with Gasteiger partial charge in [-0.1, -0.05) is 12.8 Å². The first-order valence-electron chi connectivity index (χ1n) is 7.77. The van der Waals surface area contributed by atoms with Crippen LogP contribution < -0.4 is 5.73 Å². The van der Waals surface area contributed by atoms with E-state index >= 15 is 0 Å². The number of amides is 1. The van der Waals surface area contributed by atoms with E-state index in [9.17, 15) is 4.79 Å². The molecule has 3 atom stereocenters. The van der Waals surface area contributed by atoms with Crippen LogP contribution >= 0.6 is 0 Å². The summed E-state index contributed by atoms with van der Waals surface area (Å²) < 4.78 is 5.61. The predicted octanol–water partition coefficient (Wildman–Crippen LogP) is 1.78. The van der Waals surface area contributed by atoms with Crippen LogP contribution in [0.1, 0.15) is 44.9 Å². The minimum absolute atomic E-state index is 0.219. The quantitative estimate of drug-likeness (QED) is 0.827. The third-order valence-electron chi connectivity index (χ3n) is 4.58. The summed E-state index contributed by atoms with van der Waals surface area (Å²) in [6, 6.07) is 0. The molecule has 4 nitrogen and oxygen atoms in total. The highest BCUT2D eigenvalue weighted by atomic mass is 16.5. The van der Waals surface area contributed by atoms with Crippen LogP contribution in [-0.4, -0.2) is 43.7 Å². The molecule has 19 heavy (non-hydrogen) atoms. The fourth-order valence-electron chi connectivity index (χ4n) is 3.51. The molecule has 2 fully saturated rings. The summed E-state index contributed by atoms with van der Waals surface area (Å²) in [7, 11) is 1.93. The molecule has 1 aliphatic carbocycles. The van der Waals surface area contributed by atoms with E-state index in [1.54, 1.807) is 0 Å². The van der Waals surface area contributed by atoms with Crippen molar-refractivity contribution < 1.29 is 9.53 Å². The zero-order valence-electron chi connectivity index (χ0n) is 12.1. The molecule has 2 N–H and O–H groups in total. The van der Waals surface area contributed by atoms with Crippen molar-refractivity contribution in [2.45, 2.75) is 51.0 Å².